The van der Waals surface area contributed by atoms with Crippen molar-refractivity contribution >= 4 is 39.8 Å². The molecule has 0 atom stereocenters. The lowest BCUT2D eigenvalue weighted by Gasteiger charge is -2.29. The van der Waals surface area contributed by atoms with Gasteiger partial charge in [-0.15, -0.1) is 0 Å². The molecule has 2 N–H and O–H groups in total. The fourth-order valence-corrected chi connectivity index (χ4v) is 3.35. The lowest BCUT2D eigenvalue weighted by Crippen LogP contribution is -2.16. The Morgan fingerprint density at radius 2 is 1.73 bits per heavy atom. The molecule has 3 nitrogen and oxygen atoms in total. The van der Waals surface area contributed by atoms with E-state index in [1.165, 1.54) is 46.6 Å². The van der Waals surface area contributed by atoms with Crippen molar-refractivity contribution in [2.45, 2.75) is 32.2 Å². The van der Waals surface area contributed by atoms with E-state index in [-0.39, 0.29) is 6.41 Å². The first-order valence-electron chi connectivity index (χ1n) is 7.51. The number of carbonyl (C=O) groups is 1. The minimum Gasteiger partial charge on any atom is -0.372 e. The maximum atomic E-state index is 8.58. The molecule has 1 saturated carbocycles. The summed E-state index contributed by atoms with van der Waals surface area (Å²) >= 11 is 6.19. The van der Waals surface area contributed by atoms with Crippen molar-refractivity contribution in [3.8, 4) is 0 Å². The standard InChI is InChI=1S/C17H16ClN.CH3NO/c1-11-5-7-16-14(9-11)15-10-12(18)6-8-17(15)19(16)13-3-2-4-13;2-1-3/h5-10,13H,2-4H2,1H3;1H,(H2,2,3). The predicted molar refractivity (Wildman–Crippen MR) is 92.3 cm³/mol. The van der Waals surface area contributed by atoms with E-state index in [1.807, 2.05) is 6.07 Å². The third kappa shape index (κ3) is 2.46. The molecule has 1 aliphatic rings. The highest BCUT2D eigenvalue weighted by molar-refractivity contribution is 6.31. The first-order chi connectivity index (χ1) is 10.7. The monoisotopic (exact) mass is 314 g/mol. The van der Waals surface area contributed by atoms with Gasteiger partial charge in [-0.25, -0.2) is 0 Å². The molecule has 22 heavy (non-hydrogen) atoms. The van der Waals surface area contributed by atoms with E-state index in [1.54, 1.807) is 0 Å². The van der Waals surface area contributed by atoms with Crippen LogP contribution >= 0.6 is 11.6 Å². The third-order valence-electron chi connectivity index (χ3n) is 4.36. The van der Waals surface area contributed by atoms with Crippen LogP contribution in [0.2, 0.25) is 5.02 Å². The van der Waals surface area contributed by atoms with Crippen LogP contribution in [0.15, 0.2) is 36.4 Å². The highest BCUT2D eigenvalue weighted by Gasteiger charge is 2.23. The zero-order chi connectivity index (χ0) is 15.7. The molecule has 0 radical (unpaired) electrons. The minimum absolute atomic E-state index is 0.250. The molecular formula is C18H19ClN2O. The number of benzene rings is 2. The van der Waals surface area contributed by atoms with Gasteiger partial charge in [0.1, 0.15) is 0 Å². The molecule has 1 aromatic heterocycles. The molecule has 0 unspecified atom stereocenters. The van der Waals surface area contributed by atoms with Crippen LogP contribution in [0.3, 0.4) is 0 Å². The zero-order valence-electron chi connectivity index (χ0n) is 12.6. The van der Waals surface area contributed by atoms with E-state index in [0.29, 0.717) is 6.04 Å². The first-order valence-corrected chi connectivity index (χ1v) is 7.88. The molecule has 4 heteroatoms. The molecule has 1 aliphatic carbocycles. The van der Waals surface area contributed by atoms with Gasteiger partial charge in [0.15, 0.2) is 0 Å². The number of carbonyl (C=O) groups excluding carboxylic acids is 1. The van der Waals surface area contributed by atoms with Gasteiger partial charge >= 0.3 is 0 Å². The fraction of sp³-hybridized carbons (Fsp3) is 0.278. The van der Waals surface area contributed by atoms with Crippen molar-refractivity contribution in [1.82, 2.24) is 4.57 Å². The Morgan fingerprint density at radius 3 is 2.32 bits per heavy atom. The second-order valence-electron chi connectivity index (χ2n) is 5.77. The number of fused-ring (bicyclic) bond motifs is 3. The molecule has 1 amide bonds. The van der Waals surface area contributed by atoms with Crippen molar-refractivity contribution in [1.29, 1.82) is 0 Å². The summed E-state index contributed by atoms with van der Waals surface area (Å²) in [5, 5.41) is 3.45. The van der Waals surface area contributed by atoms with Crippen molar-refractivity contribution in [3.05, 3.63) is 47.0 Å². The molecule has 1 fully saturated rings. The topological polar surface area (TPSA) is 48.0 Å². The Bertz CT molecular complexity index is 775. The Labute approximate surface area is 134 Å². The van der Waals surface area contributed by atoms with Crippen molar-refractivity contribution < 1.29 is 4.79 Å². The van der Waals surface area contributed by atoms with Gasteiger partial charge in [-0.2, -0.15) is 0 Å². The van der Waals surface area contributed by atoms with Gasteiger partial charge in [0, 0.05) is 32.9 Å². The number of nitrogens with two attached hydrogens (primary N) is 1. The Balaban J connectivity index is 0.000000446. The van der Waals surface area contributed by atoms with Gasteiger partial charge in [0.05, 0.1) is 0 Å². The summed E-state index contributed by atoms with van der Waals surface area (Å²) in [5.74, 6) is 0. The van der Waals surface area contributed by atoms with E-state index < -0.39 is 0 Å². The molecule has 3 aromatic rings. The summed E-state index contributed by atoms with van der Waals surface area (Å²) in [4.78, 5) is 8.58. The molecule has 1 heterocycles. The van der Waals surface area contributed by atoms with Crippen LogP contribution in [0.25, 0.3) is 21.8 Å². The number of aromatic nitrogens is 1. The van der Waals surface area contributed by atoms with Crippen LogP contribution in [-0.4, -0.2) is 11.0 Å². The lowest BCUT2D eigenvalue weighted by molar-refractivity contribution is -0.106. The van der Waals surface area contributed by atoms with Gasteiger partial charge in [-0.1, -0.05) is 23.2 Å². The molecule has 4 rings (SSSR count). The van der Waals surface area contributed by atoms with Gasteiger partial charge in [-0.05, 0) is 56.5 Å². The Morgan fingerprint density at radius 1 is 1.14 bits per heavy atom. The smallest absolute Gasteiger partial charge is 0.204 e. The first kappa shape index (κ1) is 14.9. The van der Waals surface area contributed by atoms with Crippen LogP contribution in [0.1, 0.15) is 30.9 Å². The van der Waals surface area contributed by atoms with E-state index in [0.717, 1.165) is 5.02 Å². The number of amides is 1. The average Bonchev–Trinajstić information content (AvgIpc) is 2.72. The summed E-state index contributed by atoms with van der Waals surface area (Å²) in [7, 11) is 0. The SMILES string of the molecule is Cc1ccc2c(c1)c1cc(Cl)ccc1n2C1CCC1.NC=O. The predicted octanol–water partition coefficient (Wildman–Crippen LogP) is 4.58. The van der Waals surface area contributed by atoms with E-state index in [4.69, 9.17) is 16.4 Å². The van der Waals surface area contributed by atoms with E-state index >= 15 is 0 Å². The second-order valence-corrected chi connectivity index (χ2v) is 6.21. The van der Waals surface area contributed by atoms with Gasteiger partial charge < -0.3 is 10.3 Å². The molecule has 114 valence electrons. The van der Waals surface area contributed by atoms with Crippen LogP contribution in [0.4, 0.5) is 0 Å². The van der Waals surface area contributed by atoms with Crippen LogP contribution in [0, 0.1) is 6.92 Å². The summed E-state index contributed by atoms with van der Waals surface area (Å²) in [6, 6.07) is 13.7. The molecule has 0 saturated heterocycles. The number of halogens is 1. The van der Waals surface area contributed by atoms with Crippen LogP contribution in [0.5, 0.6) is 0 Å². The van der Waals surface area contributed by atoms with Crippen molar-refractivity contribution in [3.63, 3.8) is 0 Å². The number of nitrogens with zero attached hydrogens (tertiary/aromatic N) is 1. The number of hydrogen-bond acceptors (Lipinski definition) is 1. The highest BCUT2D eigenvalue weighted by Crippen LogP contribution is 2.40. The number of rotatable bonds is 1. The number of primary amides is 1. The second kappa shape index (κ2) is 6.01. The average molecular weight is 315 g/mol. The van der Waals surface area contributed by atoms with Crippen molar-refractivity contribution in [2.75, 3.05) is 0 Å². The highest BCUT2D eigenvalue weighted by atomic mass is 35.5. The van der Waals surface area contributed by atoms with Gasteiger partial charge in [-0.3, -0.25) is 4.79 Å². The fourth-order valence-electron chi connectivity index (χ4n) is 3.18. The van der Waals surface area contributed by atoms with Crippen LogP contribution < -0.4 is 5.73 Å². The van der Waals surface area contributed by atoms with Gasteiger partial charge in [0.25, 0.3) is 0 Å². The van der Waals surface area contributed by atoms with E-state index in [2.05, 4.69) is 47.6 Å². The third-order valence-corrected chi connectivity index (χ3v) is 4.59. The van der Waals surface area contributed by atoms with Crippen LogP contribution in [-0.2, 0) is 4.79 Å². The number of hydrogen-bond donors (Lipinski definition) is 1. The zero-order valence-corrected chi connectivity index (χ0v) is 13.3. The summed E-state index contributed by atoms with van der Waals surface area (Å²) in [5.41, 5.74) is 8.16. The lowest BCUT2D eigenvalue weighted by atomic mass is 9.92. The molecule has 0 spiro atoms. The Hall–Kier alpha value is -2.00. The molecular weight excluding hydrogens is 296 g/mol. The van der Waals surface area contributed by atoms with Crippen molar-refractivity contribution in [2.24, 2.45) is 5.73 Å². The normalized spacial score (nSPS) is 14.5. The minimum atomic E-state index is 0.250. The molecule has 2 aromatic carbocycles. The molecule has 0 bridgehead atoms. The molecule has 0 aliphatic heterocycles. The van der Waals surface area contributed by atoms with E-state index in [9.17, 15) is 0 Å². The number of aryl methyl sites for hydroxylation is 1. The summed E-state index contributed by atoms with van der Waals surface area (Å²) in [6.07, 6.45) is 4.20. The summed E-state index contributed by atoms with van der Waals surface area (Å²) < 4.78 is 2.52. The maximum absolute atomic E-state index is 8.58. The maximum Gasteiger partial charge on any atom is 0.204 e. The quantitative estimate of drug-likeness (QED) is 0.656. The Kier molecular flexibility index (Phi) is 4.08. The largest absolute Gasteiger partial charge is 0.372 e. The van der Waals surface area contributed by atoms with Gasteiger partial charge in [0.2, 0.25) is 6.41 Å². The summed E-state index contributed by atoms with van der Waals surface area (Å²) in [6.45, 7) is 2.15.